The third-order valence-electron chi connectivity index (χ3n) is 6.67. The molecule has 0 bridgehead atoms. The molecule has 0 aliphatic carbocycles. The zero-order chi connectivity index (χ0) is 23.4. The molecule has 8 nitrogen and oxygen atoms in total. The van der Waals surface area contributed by atoms with E-state index in [0.29, 0.717) is 36.4 Å². The molecule has 0 atom stereocenters. The van der Waals surface area contributed by atoms with E-state index in [1.54, 1.807) is 4.90 Å². The summed E-state index contributed by atoms with van der Waals surface area (Å²) in [4.78, 5) is 28.0. The zero-order valence-corrected chi connectivity index (χ0v) is 20.1. The number of rotatable bonds is 9. The van der Waals surface area contributed by atoms with Gasteiger partial charge in [-0.15, -0.1) is 0 Å². The second-order valence-corrected chi connectivity index (χ2v) is 9.34. The smallest absolute Gasteiger partial charge is 0.320 e. The Kier molecular flexibility index (Phi) is 7.45. The Morgan fingerprint density at radius 2 is 1.76 bits per heavy atom. The van der Waals surface area contributed by atoms with E-state index in [9.17, 15) is 4.79 Å². The first kappa shape index (κ1) is 23.4. The Labute approximate surface area is 196 Å². The Morgan fingerprint density at radius 3 is 2.39 bits per heavy atom. The third kappa shape index (κ3) is 5.62. The van der Waals surface area contributed by atoms with Gasteiger partial charge in [0.2, 0.25) is 5.91 Å². The minimum Gasteiger partial charge on any atom is -0.463 e. The number of ether oxygens (including phenoxy) is 1. The van der Waals surface area contributed by atoms with Crippen molar-refractivity contribution in [2.24, 2.45) is 0 Å². The molecular weight excluding hydrogens is 416 g/mol. The summed E-state index contributed by atoms with van der Waals surface area (Å²) in [7, 11) is 4.34. The molecule has 1 fully saturated rings. The van der Waals surface area contributed by atoms with Crippen molar-refractivity contribution in [1.82, 2.24) is 19.8 Å². The van der Waals surface area contributed by atoms with E-state index in [1.165, 1.54) is 18.4 Å². The lowest BCUT2D eigenvalue weighted by Gasteiger charge is -2.35. The monoisotopic (exact) mass is 452 g/mol. The van der Waals surface area contributed by atoms with E-state index in [-0.39, 0.29) is 18.3 Å². The Hall–Kier alpha value is -2.71. The van der Waals surface area contributed by atoms with Crippen molar-refractivity contribution >= 4 is 17.5 Å². The number of nitrogens with zero attached hydrogens (tertiary/aromatic N) is 5. The summed E-state index contributed by atoms with van der Waals surface area (Å²) >= 11 is 0. The van der Waals surface area contributed by atoms with Crippen LogP contribution < -0.4 is 15.4 Å². The highest BCUT2D eigenvalue weighted by Crippen LogP contribution is 2.33. The first-order valence-corrected chi connectivity index (χ1v) is 12.0. The van der Waals surface area contributed by atoms with Crippen LogP contribution in [0.2, 0.25) is 0 Å². The predicted octanol–water partition coefficient (Wildman–Crippen LogP) is 2.85. The first-order chi connectivity index (χ1) is 15.9. The van der Waals surface area contributed by atoms with Crippen LogP contribution in [0.3, 0.4) is 0 Å². The van der Waals surface area contributed by atoms with Gasteiger partial charge in [-0.1, -0.05) is 37.6 Å². The zero-order valence-electron chi connectivity index (χ0n) is 20.1. The molecule has 0 radical (unpaired) electrons. The average molecular weight is 453 g/mol. The van der Waals surface area contributed by atoms with Gasteiger partial charge in [0.1, 0.15) is 11.6 Å². The molecule has 2 aliphatic rings. The molecule has 0 saturated carbocycles. The van der Waals surface area contributed by atoms with Crippen LogP contribution in [-0.4, -0.2) is 65.5 Å². The fourth-order valence-electron chi connectivity index (χ4n) is 4.55. The number of hydrogen-bond acceptors (Lipinski definition) is 7. The summed E-state index contributed by atoms with van der Waals surface area (Å²) in [5.74, 6) is 0.895. The van der Waals surface area contributed by atoms with Crippen LogP contribution in [0.25, 0.3) is 0 Å². The molecule has 1 aromatic carbocycles. The largest absolute Gasteiger partial charge is 0.463 e. The molecule has 178 valence electrons. The number of piperidine rings is 1. The van der Waals surface area contributed by atoms with Crippen molar-refractivity contribution in [3.8, 4) is 6.01 Å². The lowest BCUT2D eigenvalue weighted by Crippen LogP contribution is -2.41. The summed E-state index contributed by atoms with van der Waals surface area (Å²) in [6, 6.07) is 9.49. The van der Waals surface area contributed by atoms with Crippen molar-refractivity contribution in [1.29, 1.82) is 0 Å². The van der Waals surface area contributed by atoms with E-state index in [1.807, 2.05) is 0 Å². The van der Waals surface area contributed by atoms with Gasteiger partial charge in [-0.05, 0) is 57.6 Å². The van der Waals surface area contributed by atoms with Gasteiger partial charge in [-0.2, -0.15) is 9.97 Å². The number of hydrogen-bond donors (Lipinski definition) is 1. The number of nitrogens with two attached hydrogens (primary N) is 1. The highest BCUT2D eigenvalue weighted by Gasteiger charge is 2.32. The molecule has 2 N–H and O–H groups in total. The van der Waals surface area contributed by atoms with Crippen LogP contribution in [0, 0.1) is 0 Å². The van der Waals surface area contributed by atoms with E-state index in [2.05, 4.69) is 65.1 Å². The quantitative estimate of drug-likeness (QED) is 0.585. The van der Waals surface area contributed by atoms with Crippen LogP contribution in [0.5, 0.6) is 6.01 Å². The number of unbranched alkanes of at least 4 members (excludes halogenated alkanes) is 1. The van der Waals surface area contributed by atoms with E-state index < -0.39 is 0 Å². The van der Waals surface area contributed by atoms with Gasteiger partial charge in [0.25, 0.3) is 0 Å². The fourth-order valence-corrected chi connectivity index (χ4v) is 4.55. The van der Waals surface area contributed by atoms with Crippen LogP contribution >= 0.6 is 0 Å². The highest BCUT2D eigenvalue weighted by atomic mass is 16.5. The molecule has 1 amide bonds. The second kappa shape index (κ2) is 10.5. The van der Waals surface area contributed by atoms with Gasteiger partial charge < -0.3 is 15.4 Å². The topological polar surface area (TPSA) is 87.8 Å². The van der Waals surface area contributed by atoms with Crippen molar-refractivity contribution < 1.29 is 9.53 Å². The van der Waals surface area contributed by atoms with E-state index >= 15 is 0 Å². The number of likely N-dealkylation sites (tertiary alicyclic amines) is 1. The van der Waals surface area contributed by atoms with Crippen molar-refractivity contribution in [3.63, 3.8) is 0 Å². The minimum absolute atomic E-state index is 0.00968. The summed E-state index contributed by atoms with van der Waals surface area (Å²) in [6.45, 7) is 6.33. The number of nitrogen functional groups attached to an aromatic ring is 1. The highest BCUT2D eigenvalue weighted by molar-refractivity contribution is 6.01. The number of carbonyl (C=O) groups excluding carboxylic acids is 1. The molecule has 4 rings (SSSR count). The van der Waals surface area contributed by atoms with Crippen LogP contribution in [0.1, 0.15) is 49.3 Å². The van der Waals surface area contributed by atoms with Gasteiger partial charge in [0, 0.05) is 18.2 Å². The molecule has 0 spiro atoms. The predicted molar refractivity (Wildman–Crippen MR) is 130 cm³/mol. The maximum atomic E-state index is 12.7. The average Bonchev–Trinajstić information content (AvgIpc) is 3.11. The Morgan fingerprint density at radius 1 is 1.09 bits per heavy atom. The molecule has 8 heteroatoms. The summed E-state index contributed by atoms with van der Waals surface area (Å²) < 4.78 is 5.65. The summed E-state index contributed by atoms with van der Waals surface area (Å²) in [5, 5.41) is 0. The van der Waals surface area contributed by atoms with E-state index in [0.717, 1.165) is 38.0 Å². The SMILES string of the molecule is CCCCOc1nc(N)c2c(n1)N(Cc1ccc(CN3CCC(N(C)C)CC3)cc1)C(=O)C2. The fraction of sp³-hybridized carbons (Fsp3) is 0.560. The van der Waals surface area contributed by atoms with Crippen LogP contribution in [0.4, 0.5) is 11.6 Å². The molecule has 1 aromatic heterocycles. The van der Waals surface area contributed by atoms with Gasteiger partial charge in [0.15, 0.2) is 0 Å². The van der Waals surface area contributed by atoms with E-state index in [4.69, 9.17) is 10.5 Å². The number of carbonyl (C=O) groups is 1. The number of fused-ring (bicyclic) bond motifs is 1. The maximum absolute atomic E-state index is 12.7. The van der Waals surface area contributed by atoms with Gasteiger partial charge in [-0.25, -0.2) is 0 Å². The molecule has 33 heavy (non-hydrogen) atoms. The molecular formula is C25H36N6O2. The molecule has 1 saturated heterocycles. The molecule has 2 aliphatic heterocycles. The number of anilines is 2. The molecule has 0 unspecified atom stereocenters. The Balaban J connectivity index is 1.39. The second-order valence-electron chi connectivity index (χ2n) is 9.34. The number of benzene rings is 1. The van der Waals surface area contributed by atoms with Gasteiger partial charge >= 0.3 is 6.01 Å². The van der Waals surface area contributed by atoms with Gasteiger partial charge in [0.05, 0.1) is 19.6 Å². The van der Waals surface area contributed by atoms with Crippen LogP contribution in [-0.2, 0) is 24.3 Å². The molecule has 3 heterocycles. The van der Waals surface area contributed by atoms with Crippen molar-refractivity contribution in [2.75, 3.05) is 44.4 Å². The maximum Gasteiger partial charge on any atom is 0.320 e. The van der Waals surface area contributed by atoms with Gasteiger partial charge in [-0.3, -0.25) is 14.6 Å². The minimum atomic E-state index is -0.00968. The lowest BCUT2D eigenvalue weighted by atomic mass is 10.0. The lowest BCUT2D eigenvalue weighted by molar-refractivity contribution is -0.117. The summed E-state index contributed by atoms with van der Waals surface area (Å²) in [6.07, 6.45) is 4.61. The molecule has 2 aromatic rings. The first-order valence-electron chi connectivity index (χ1n) is 12.0. The van der Waals surface area contributed by atoms with Crippen molar-refractivity contribution in [2.45, 2.75) is 58.2 Å². The number of aromatic nitrogens is 2. The number of amides is 1. The van der Waals surface area contributed by atoms with Crippen molar-refractivity contribution in [3.05, 3.63) is 41.0 Å². The van der Waals surface area contributed by atoms with Crippen LogP contribution in [0.15, 0.2) is 24.3 Å². The summed E-state index contributed by atoms with van der Waals surface area (Å²) in [5.41, 5.74) is 9.17. The Bertz CT molecular complexity index is 954. The normalized spacial score (nSPS) is 17.1. The standard InChI is InChI=1S/C25H36N6O2/c1-4-5-14-33-25-27-23(26)21-15-22(32)31(24(21)28-25)17-19-8-6-18(7-9-19)16-30-12-10-20(11-13-30)29(2)3/h6-9,20H,4-5,10-17H2,1-3H3,(H2,26,27,28). The third-order valence-corrected chi connectivity index (χ3v) is 6.67.